The summed E-state index contributed by atoms with van der Waals surface area (Å²) in [5.41, 5.74) is 3.17. The van der Waals surface area contributed by atoms with Gasteiger partial charge in [0, 0.05) is 22.1 Å². The average Bonchev–Trinajstić information content (AvgIpc) is 2.29. The number of rotatable bonds is 2. The number of pyridine rings is 1. The number of hydrogen-bond donors (Lipinski definition) is 0. The van der Waals surface area contributed by atoms with Gasteiger partial charge in [0.2, 0.25) is 0 Å². The summed E-state index contributed by atoms with van der Waals surface area (Å²) >= 11 is 8.33. The fourth-order valence-electron chi connectivity index (χ4n) is 1.35. The first-order valence-corrected chi connectivity index (χ1v) is 7.68. The van der Waals surface area contributed by atoms with Gasteiger partial charge in [-0.25, -0.2) is 15.0 Å². The molecule has 0 saturated heterocycles. The van der Waals surface area contributed by atoms with Gasteiger partial charge in [-0.05, 0) is 76.0 Å². The number of aryl methyl sites for hydroxylation is 2. The molecular weight excluding hydrogens is 378 g/mol. The molecule has 2 heterocycles. The minimum Gasteiger partial charge on any atom is -0.247 e. The second-order valence-corrected chi connectivity index (χ2v) is 6.57. The molecule has 2 aromatic heterocycles. The van der Waals surface area contributed by atoms with Gasteiger partial charge in [0.15, 0.2) is 5.16 Å². The Kier molecular flexibility index (Phi) is 4.40. The van der Waals surface area contributed by atoms with E-state index >= 15 is 0 Å². The highest BCUT2D eigenvalue weighted by molar-refractivity contribution is 9.11. The molecule has 0 spiro atoms. The van der Waals surface area contributed by atoms with Crippen molar-refractivity contribution in [1.29, 1.82) is 0 Å². The molecule has 0 N–H and O–H groups in total. The van der Waals surface area contributed by atoms with Crippen LogP contribution in [0.2, 0.25) is 0 Å². The van der Waals surface area contributed by atoms with Crippen molar-refractivity contribution < 1.29 is 0 Å². The van der Waals surface area contributed by atoms with Gasteiger partial charge in [0.1, 0.15) is 5.03 Å². The van der Waals surface area contributed by atoms with Crippen LogP contribution < -0.4 is 0 Å². The van der Waals surface area contributed by atoms with Gasteiger partial charge < -0.3 is 0 Å². The third-order valence-electron chi connectivity index (χ3n) is 2.57. The van der Waals surface area contributed by atoms with Gasteiger partial charge in [-0.1, -0.05) is 0 Å². The smallest absolute Gasteiger partial charge is 0.194 e. The topological polar surface area (TPSA) is 38.7 Å². The molecular formula is C12H11Br2N3S. The van der Waals surface area contributed by atoms with Gasteiger partial charge in [-0.3, -0.25) is 0 Å². The number of hydrogen-bond acceptors (Lipinski definition) is 4. The summed E-state index contributed by atoms with van der Waals surface area (Å²) in [5, 5.41) is 1.59. The maximum Gasteiger partial charge on any atom is 0.194 e. The third kappa shape index (κ3) is 3.10. The SMILES string of the molecule is Cc1nc(Sc2ncc(Br)cc2Br)nc(C)c1C. The average molecular weight is 389 g/mol. The number of halogens is 2. The van der Waals surface area contributed by atoms with Crippen molar-refractivity contribution in [2.24, 2.45) is 0 Å². The number of nitrogens with zero attached hydrogens (tertiary/aromatic N) is 3. The minimum atomic E-state index is 0.728. The standard InChI is InChI=1S/C12H11Br2N3S/c1-6-7(2)16-12(17-8(6)3)18-11-10(14)4-9(13)5-15-11/h4-5H,1-3H3. The van der Waals surface area contributed by atoms with E-state index in [1.807, 2.05) is 26.8 Å². The van der Waals surface area contributed by atoms with Crippen molar-refractivity contribution in [2.45, 2.75) is 31.0 Å². The van der Waals surface area contributed by atoms with E-state index in [9.17, 15) is 0 Å². The van der Waals surface area contributed by atoms with Gasteiger partial charge in [-0.2, -0.15) is 0 Å². The van der Waals surface area contributed by atoms with E-state index in [0.29, 0.717) is 0 Å². The van der Waals surface area contributed by atoms with Crippen LogP contribution in [0.25, 0.3) is 0 Å². The molecule has 0 aliphatic heterocycles. The molecule has 0 unspecified atom stereocenters. The van der Waals surface area contributed by atoms with Crippen LogP contribution >= 0.6 is 43.6 Å². The Bertz CT molecular complexity index is 579. The summed E-state index contributed by atoms with van der Waals surface area (Å²) in [7, 11) is 0. The van der Waals surface area contributed by atoms with Gasteiger partial charge in [-0.15, -0.1) is 0 Å². The van der Waals surface area contributed by atoms with Crippen LogP contribution in [0.15, 0.2) is 31.4 Å². The Morgan fingerprint density at radius 2 is 1.67 bits per heavy atom. The van der Waals surface area contributed by atoms with Crippen LogP contribution in [0.4, 0.5) is 0 Å². The van der Waals surface area contributed by atoms with Crippen LogP contribution in [0.3, 0.4) is 0 Å². The third-order valence-corrected chi connectivity index (χ3v) is 4.76. The molecule has 0 atom stereocenters. The van der Waals surface area contributed by atoms with E-state index in [0.717, 1.165) is 36.1 Å². The summed E-state index contributed by atoms with van der Waals surface area (Å²) in [6.45, 7) is 6.03. The quantitative estimate of drug-likeness (QED) is 0.711. The first kappa shape index (κ1) is 14.0. The fraction of sp³-hybridized carbons (Fsp3) is 0.250. The Labute approximate surface area is 127 Å². The van der Waals surface area contributed by atoms with E-state index in [1.54, 1.807) is 6.20 Å². The Hall–Kier alpha value is -0.460. The van der Waals surface area contributed by atoms with E-state index in [4.69, 9.17) is 0 Å². The first-order valence-electron chi connectivity index (χ1n) is 5.28. The monoisotopic (exact) mass is 387 g/mol. The zero-order valence-electron chi connectivity index (χ0n) is 10.2. The van der Waals surface area contributed by atoms with Crippen LogP contribution in [0, 0.1) is 20.8 Å². The maximum atomic E-state index is 4.47. The van der Waals surface area contributed by atoms with Crippen LogP contribution in [0.1, 0.15) is 17.0 Å². The predicted molar refractivity (Wildman–Crippen MR) is 80.0 cm³/mol. The van der Waals surface area contributed by atoms with E-state index in [-0.39, 0.29) is 0 Å². The minimum absolute atomic E-state index is 0.728. The zero-order chi connectivity index (χ0) is 13.3. The highest BCUT2D eigenvalue weighted by Crippen LogP contribution is 2.31. The molecule has 2 aromatic rings. The van der Waals surface area contributed by atoms with E-state index < -0.39 is 0 Å². The lowest BCUT2D eigenvalue weighted by Crippen LogP contribution is -1.98. The molecule has 0 amide bonds. The van der Waals surface area contributed by atoms with Gasteiger partial charge in [0.05, 0.1) is 4.47 Å². The number of aromatic nitrogens is 3. The van der Waals surface area contributed by atoms with Crippen molar-refractivity contribution in [3.8, 4) is 0 Å². The summed E-state index contributed by atoms with van der Waals surface area (Å²) in [6.07, 6.45) is 1.76. The maximum absolute atomic E-state index is 4.47. The molecule has 18 heavy (non-hydrogen) atoms. The lowest BCUT2D eigenvalue weighted by molar-refractivity contribution is 0.877. The van der Waals surface area contributed by atoms with Crippen LogP contribution in [0.5, 0.6) is 0 Å². The predicted octanol–water partition coefficient (Wildman–Crippen LogP) is 4.47. The van der Waals surface area contributed by atoms with Crippen LogP contribution in [-0.4, -0.2) is 15.0 Å². The van der Waals surface area contributed by atoms with Crippen molar-refractivity contribution in [2.75, 3.05) is 0 Å². The normalized spacial score (nSPS) is 10.7. The molecule has 2 rings (SSSR count). The lowest BCUT2D eigenvalue weighted by Gasteiger charge is -2.07. The molecule has 94 valence electrons. The highest BCUT2D eigenvalue weighted by Gasteiger charge is 2.09. The molecule has 0 aromatic carbocycles. The van der Waals surface area contributed by atoms with E-state index in [2.05, 4.69) is 46.8 Å². The van der Waals surface area contributed by atoms with Gasteiger partial charge in [0.25, 0.3) is 0 Å². The Morgan fingerprint density at radius 1 is 1.06 bits per heavy atom. The summed E-state index contributed by atoms with van der Waals surface area (Å²) in [6, 6.07) is 1.96. The van der Waals surface area contributed by atoms with Crippen molar-refractivity contribution in [3.63, 3.8) is 0 Å². The fourth-order valence-corrected chi connectivity index (χ4v) is 3.38. The zero-order valence-corrected chi connectivity index (χ0v) is 14.1. The molecule has 0 bridgehead atoms. The highest BCUT2D eigenvalue weighted by atomic mass is 79.9. The molecule has 0 radical (unpaired) electrons. The largest absolute Gasteiger partial charge is 0.247 e. The molecule has 0 saturated carbocycles. The second-order valence-electron chi connectivity index (χ2n) is 3.84. The van der Waals surface area contributed by atoms with E-state index in [1.165, 1.54) is 11.8 Å². The molecule has 0 aliphatic rings. The summed E-state index contributed by atoms with van der Waals surface area (Å²) in [5.74, 6) is 0. The van der Waals surface area contributed by atoms with Gasteiger partial charge >= 0.3 is 0 Å². The summed E-state index contributed by atoms with van der Waals surface area (Å²) in [4.78, 5) is 13.3. The Morgan fingerprint density at radius 3 is 2.22 bits per heavy atom. The van der Waals surface area contributed by atoms with Crippen molar-refractivity contribution >= 4 is 43.6 Å². The Balaban J connectivity index is 2.34. The lowest BCUT2D eigenvalue weighted by atomic mass is 10.2. The van der Waals surface area contributed by atoms with Crippen LogP contribution in [-0.2, 0) is 0 Å². The second kappa shape index (κ2) is 5.67. The first-order chi connectivity index (χ1) is 8.47. The van der Waals surface area contributed by atoms with Crippen molar-refractivity contribution in [3.05, 3.63) is 38.2 Å². The molecule has 0 fully saturated rings. The molecule has 6 heteroatoms. The van der Waals surface area contributed by atoms with Crippen molar-refractivity contribution in [1.82, 2.24) is 15.0 Å². The summed E-state index contributed by atoms with van der Waals surface area (Å²) < 4.78 is 1.87. The molecule has 3 nitrogen and oxygen atoms in total. The molecule has 0 aliphatic carbocycles.